The second kappa shape index (κ2) is 14.2. The van der Waals surface area contributed by atoms with Crippen LogP contribution in [-0.2, 0) is 14.2 Å². The summed E-state index contributed by atoms with van der Waals surface area (Å²) >= 11 is 0. The van der Waals surface area contributed by atoms with Crippen LogP contribution in [0.15, 0.2) is 41.1 Å². The van der Waals surface area contributed by atoms with Gasteiger partial charge in [0, 0.05) is 43.9 Å². The maximum atomic E-state index is 14.9. The van der Waals surface area contributed by atoms with Crippen LogP contribution < -0.4 is 10.2 Å². The van der Waals surface area contributed by atoms with Crippen LogP contribution in [0.1, 0.15) is 77.9 Å². The van der Waals surface area contributed by atoms with E-state index in [0.717, 1.165) is 18.2 Å². The largest absolute Gasteiger partial charge is 0.447 e. The minimum absolute atomic E-state index is 0.0665. The van der Waals surface area contributed by atoms with Gasteiger partial charge >= 0.3 is 12.2 Å². The topological polar surface area (TPSA) is 132 Å². The Morgan fingerprint density at radius 2 is 1.81 bits per heavy atom. The van der Waals surface area contributed by atoms with Gasteiger partial charge in [-0.2, -0.15) is 4.98 Å². The molecule has 0 aliphatic carbocycles. The smallest absolute Gasteiger partial charge is 0.410 e. The predicted molar refractivity (Wildman–Crippen MR) is 168 cm³/mol. The fourth-order valence-electron chi connectivity index (χ4n) is 5.73. The molecule has 3 aromatic rings. The van der Waals surface area contributed by atoms with Gasteiger partial charge in [0.15, 0.2) is 0 Å². The van der Waals surface area contributed by atoms with Gasteiger partial charge in [-0.15, -0.1) is 0 Å². The van der Waals surface area contributed by atoms with Crippen LogP contribution in [0.5, 0.6) is 0 Å². The number of carbonyl (C=O) groups is 2. The zero-order valence-electron chi connectivity index (χ0n) is 27.5. The number of anilines is 1. The van der Waals surface area contributed by atoms with Crippen molar-refractivity contribution in [2.24, 2.45) is 0 Å². The van der Waals surface area contributed by atoms with Crippen molar-refractivity contribution < 1.29 is 37.1 Å². The van der Waals surface area contributed by atoms with Crippen molar-refractivity contribution in [3.63, 3.8) is 0 Å². The van der Waals surface area contributed by atoms with Gasteiger partial charge in [0.2, 0.25) is 5.82 Å². The molecule has 254 valence electrons. The number of piperidine rings is 1. The highest BCUT2D eigenvalue weighted by atomic mass is 19.1. The van der Waals surface area contributed by atoms with Gasteiger partial charge in [-0.05, 0) is 90.3 Å². The third-order valence-corrected chi connectivity index (χ3v) is 7.93. The molecule has 0 bridgehead atoms. The SMILES string of the molecule is CC(C)OC(=O)N1CCC(O[C@H](C)c2nc(-c3ccc(N4C[C@H](NC(=O)OC(C)(C)C)[C@@H](c5cc(F)ccc5F)C4)nc3)no2)CC1. The molecule has 2 aromatic heterocycles. The lowest BCUT2D eigenvalue weighted by atomic mass is 9.94. The lowest BCUT2D eigenvalue weighted by Crippen LogP contribution is -2.43. The van der Waals surface area contributed by atoms with E-state index < -0.39 is 41.4 Å². The number of amides is 2. The van der Waals surface area contributed by atoms with Gasteiger partial charge in [-0.3, -0.25) is 0 Å². The van der Waals surface area contributed by atoms with E-state index in [1.54, 1.807) is 44.0 Å². The number of likely N-dealkylation sites (tertiary alicyclic amines) is 1. The van der Waals surface area contributed by atoms with Crippen LogP contribution in [-0.4, -0.2) is 82.2 Å². The Labute approximate surface area is 272 Å². The zero-order chi connectivity index (χ0) is 33.9. The standard InChI is InChI=1S/C33H42F2N6O6/c1-19(2)44-32(43)40-13-11-23(12-14-40)45-20(3)30-38-29(39-47-30)21-7-10-28(36-16-21)41-17-25(24-15-22(34)8-9-26(24)35)27(18-41)37-31(42)46-33(4,5)6/h7-10,15-16,19-20,23,25,27H,11-14,17-18H2,1-6H3,(H,37,42)/t20-,25-,27+/m1/s1. The number of benzene rings is 1. The molecule has 0 saturated carbocycles. The summed E-state index contributed by atoms with van der Waals surface area (Å²) in [7, 11) is 0. The quantitative estimate of drug-likeness (QED) is 0.308. The van der Waals surface area contributed by atoms with Gasteiger partial charge in [-0.25, -0.2) is 23.4 Å². The Balaban J connectivity index is 1.22. The highest BCUT2D eigenvalue weighted by molar-refractivity contribution is 5.69. The summed E-state index contributed by atoms with van der Waals surface area (Å²) in [4.78, 5) is 37.5. The molecule has 5 rings (SSSR count). The molecule has 2 aliphatic heterocycles. The molecule has 0 spiro atoms. The van der Waals surface area contributed by atoms with E-state index in [2.05, 4.69) is 20.4 Å². The van der Waals surface area contributed by atoms with Gasteiger partial charge < -0.3 is 33.9 Å². The van der Waals surface area contributed by atoms with Crippen LogP contribution in [0.4, 0.5) is 24.2 Å². The van der Waals surface area contributed by atoms with Gasteiger partial charge in [0.25, 0.3) is 5.89 Å². The molecule has 2 fully saturated rings. The first-order valence-electron chi connectivity index (χ1n) is 15.9. The van der Waals surface area contributed by atoms with Gasteiger partial charge in [0.05, 0.1) is 18.2 Å². The summed E-state index contributed by atoms with van der Waals surface area (Å²) in [6.07, 6.45) is 1.30. The molecule has 4 heterocycles. The number of rotatable bonds is 8. The van der Waals surface area contributed by atoms with Crippen LogP contribution >= 0.6 is 0 Å². The molecule has 1 aromatic carbocycles. The third kappa shape index (κ3) is 8.73. The Hall–Kier alpha value is -4.33. The molecule has 3 atom stereocenters. The lowest BCUT2D eigenvalue weighted by molar-refractivity contribution is -0.0475. The van der Waals surface area contributed by atoms with E-state index in [9.17, 15) is 18.4 Å². The first-order valence-corrected chi connectivity index (χ1v) is 15.9. The highest BCUT2D eigenvalue weighted by Crippen LogP contribution is 2.33. The average Bonchev–Trinajstić information content (AvgIpc) is 3.66. The number of nitrogens with one attached hydrogen (secondary N) is 1. The Kier molecular flexibility index (Phi) is 10.3. The minimum atomic E-state index is -0.722. The lowest BCUT2D eigenvalue weighted by Gasteiger charge is -2.32. The average molecular weight is 657 g/mol. The molecular formula is C33H42F2N6O6. The van der Waals surface area contributed by atoms with Crippen molar-refractivity contribution in [2.45, 2.75) is 90.3 Å². The van der Waals surface area contributed by atoms with Crippen molar-refractivity contribution in [1.29, 1.82) is 0 Å². The first-order chi connectivity index (χ1) is 22.3. The zero-order valence-corrected chi connectivity index (χ0v) is 27.5. The Morgan fingerprint density at radius 1 is 1.06 bits per heavy atom. The van der Waals surface area contributed by atoms with Crippen molar-refractivity contribution in [2.75, 3.05) is 31.1 Å². The van der Waals surface area contributed by atoms with Crippen molar-refractivity contribution in [3.05, 3.63) is 59.6 Å². The van der Waals surface area contributed by atoms with Crippen molar-refractivity contribution >= 4 is 18.0 Å². The molecule has 0 unspecified atom stereocenters. The van der Waals surface area contributed by atoms with Crippen molar-refractivity contribution in [3.8, 4) is 11.4 Å². The predicted octanol–water partition coefficient (Wildman–Crippen LogP) is 5.99. The molecule has 2 aliphatic rings. The normalized spacial score (nSPS) is 19.6. The number of halogens is 2. The highest BCUT2D eigenvalue weighted by Gasteiger charge is 2.38. The summed E-state index contributed by atoms with van der Waals surface area (Å²) < 4.78 is 51.4. The minimum Gasteiger partial charge on any atom is -0.447 e. The molecule has 2 amide bonds. The van der Waals surface area contributed by atoms with E-state index in [4.69, 9.17) is 18.7 Å². The fourth-order valence-corrected chi connectivity index (χ4v) is 5.73. The second-order valence-corrected chi connectivity index (χ2v) is 13.2. The van der Waals surface area contributed by atoms with Gasteiger partial charge in [-0.1, -0.05) is 5.16 Å². The maximum Gasteiger partial charge on any atom is 0.410 e. The van der Waals surface area contributed by atoms with E-state index in [-0.39, 0.29) is 30.4 Å². The van der Waals surface area contributed by atoms with Crippen LogP contribution in [0.2, 0.25) is 0 Å². The monoisotopic (exact) mass is 656 g/mol. The fraction of sp³-hybridized carbons (Fsp3) is 0.545. The number of aromatic nitrogens is 3. The summed E-state index contributed by atoms with van der Waals surface area (Å²) in [5, 5.41) is 6.94. The van der Waals surface area contributed by atoms with E-state index in [0.29, 0.717) is 55.6 Å². The molecule has 2 saturated heterocycles. The van der Waals surface area contributed by atoms with Crippen LogP contribution in [0, 0.1) is 11.6 Å². The number of alkyl carbamates (subject to hydrolysis) is 1. The molecular weight excluding hydrogens is 614 g/mol. The Morgan fingerprint density at radius 3 is 2.47 bits per heavy atom. The number of nitrogens with zero attached hydrogens (tertiary/aromatic N) is 5. The number of carbonyl (C=O) groups excluding carboxylic acids is 2. The summed E-state index contributed by atoms with van der Waals surface area (Å²) in [5.41, 5.74) is 0.0591. The molecule has 12 nitrogen and oxygen atoms in total. The van der Waals surface area contributed by atoms with E-state index >= 15 is 0 Å². The summed E-state index contributed by atoms with van der Waals surface area (Å²) in [5.74, 6) is -0.435. The first kappa shape index (κ1) is 34.0. The number of hydrogen-bond acceptors (Lipinski definition) is 10. The Bertz CT molecular complexity index is 1540. The molecule has 1 N–H and O–H groups in total. The van der Waals surface area contributed by atoms with Crippen LogP contribution in [0.25, 0.3) is 11.4 Å². The third-order valence-electron chi connectivity index (χ3n) is 7.93. The number of pyridine rings is 1. The van der Waals surface area contributed by atoms with E-state index in [1.165, 1.54) is 0 Å². The maximum absolute atomic E-state index is 14.9. The number of ether oxygens (including phenoxy) is 3. The van der Waals surface area contributed by atoms with Crippen LogP contribution in [0.3, 0.4) is 0 Å². The second-order valence-electron chi connectivity index (χ2n) is 13.2. The summed E-state index contributed by atoms with van der Waals surface area (Å²) in [6.45, 7) is 12.4. The van der Waals surface area contributed by atoms with E-state index in [1.807, 2.05) is 25.7 Å². The molecule has 0 radical (unpaired) electrons. The number of hydrogen-bond donors (Lipinski definition) is 1. The molecule has 47 heavy (non-hydrogen) atoms. The van der Waals surface area contributed by atoms with Gasteiger partial charge in [0.1, 0.15) is 29.2 Å². The summed E-state index contributed by atoms with van der Waals surface area (Å²) in [6, 6.07) is 6.32. The van der Waals surface area contributed by atoms with Crippen molar-refractivity contribution in [1.82, 2.24) is 25.3 Å². The molecule has 14 heteroatoms.